The van der Waals surface area contributed by atoms with E-state index in [1.807, 2.05) is 30.5 Å². The highest BCUT2D eigenvalue weighted by Gasteiger charge is 2.07. The number of ether oxygens (including phenoxy) is 1. The highest BCUT2D eigenvalue weighted by Crippen LogP contribution is 2.21. The summed E-state index contributed by atoms with van der Waals surface area (Å²) in [5.74, 6) is -0.433. The quantitative estimate of drug-likeness (QED) is 0.737. The highest BCUT2D eigenvalue weighted by molar-refractivity contribution is 5.94. The van der Waals surface area contributed by atoms with E-state index in [9.17, 15) is 9.18 Å². The molecule has 0 unspecified atom stereocenters. The molecule has 0 saturated heterocycles. The lowest BCUT2D eigenvalue weighted by Gasteiger charge is -2.08. The van der Waals surface area contributed by atoms with E-state index in [-0.39, 0.29) is 24.7 Å². The van der Waals surface area contributed by atoms with Gasteiger partial charge in [-0.1, -0.05) is 12.1 Å². The second-order valence-corrected chi connectivity index (χ2v) is 5.45. The minimum atomic E-state index is -0.427. The number of anilines is 1. The van der Waals surface area contributed by atoms with Crippen LogP contribution in [0.15, 0.2) is 54.7 Å². The van der Waals surface area contributed by atoms with Gasteiger partial charge in [0.05, 0.1) is 13.0 Å². The number of nitrogens with zero attached hydrogens (tertiary/aromatic N) is 1. The summed E-state index contributed by atoms with van der Waals surface area (Å²) in [6.45, 7) is 3.12. The molecule has 0 aliphatic carbocycles. The van der Waals surface area contributed by atoms with E-state index in [4.69, 9.17) is 4.74 Å². The molecule has 1 amide bonds. The van der Waals surface area contributed by atoms with E-state index in [2.05, 4.69) is 16.8 Å². The summed E-state index contributed by atoms with van der Waals surface area (Å²) >= 11 is 0. The van der Waals surface area contributed by atoms with Gasteiger partial charge in [-0.05, 0) is 43.3 Å². The first-order valence-corrected chi connectivity index (χ1v) is 7.93. The van der Waals surface area contributed by atoms with Gasteiger partial charge in [-0.15, -0.1) is 0 Å². The summed E-state index contributed by atoms with van der Waals surface area (Å²) in [6.07, 6.45) is 2.18. The van der Waals surface area contributed by atoms with Gasteiger partial charge in [0.2, 0.25) is 5.91 Å². The van der Waals surface area contributed by atoms with Gasteiger partial charge >= 0.3 is 0 Å². The molecular formula is C19H19FN2O2. The fraction of sp³-hybridized carbons (Fsp3) is 0.211. The number of para-hydroxylation sites is 1. The molecule has 5 heteroatoms. The summed E-state index contributed by atoms with van der Waals surface area (Å²) in [7, 11) is 0. The monoisotopic (exact) mass is 326 g/mol. The molecule has 0 aliphatic heterocycles. The maximum absolute atomic E-state index is 13.4. The molecule has 0 radical (unpaired) electrons. The lowest BCUT2D eigenvalue weighted by atomic mass is 10.2. The van der Waals surface area contributed by atoms with E-state index < -0.39 is 5.82 Å². The van der Waals surface area contributed by atoms with Crippen LogP contribution < -0.4 is 10.1 Å². The zero-order valence-corrected chi connectivity index (χ0v) is 13.5. The number of nitrogens with one attached hydrogen (secondary N) is 1. The Morgan fingerprint density at radius 2 is 2.04 bits per heavy atom. The topological polar surface area (TPSA) is 43.3 Å². The molecule has 1 heterocycles. The zero-order valence-electron chi connectivity index (χ0n) is 13.5. The number of amides is 1. The normalized spacial score (nSPS) is 10.8. The van der Waals surface area contributed by atoms with Crippen LogP contribution in [0.2, 0.25) is 0 Å². The summed E-state index contributed by atoms with van der Waals surface area (Å²) in [6, 6.07) is 14.0. The van der Waals surface area contributed by atoms with E-state index in [0.717, 1.165) is 23.1 Å². The number of hydrogen-bond acceptors (Lipinski definition) is 2. The van der Waals surface area contributed by atoms with Crippen LogP contribution >= 0.6 is 0 Å². The standard InChI is InChI=1S/C19H19FN2O2/c1-2-22-11-9-14-13-15(7-8-17(14)22)21-19(23)10-12-24-18-6-4-3-5-16(18)20/h3-9,11,13H,2,10,12H2,1H3,(H,21,23). The fourth-order valence-electron chi connectivity index (χ4n) is 2.59. The molecule has 1 aromatic heterocycles. The maximum Gasteiger partial charge on any atom is 0.227 e. The average molecular weight is 326 g/mol. The first-order chi connectivity index (χ1) is 11.7. The number of aromatic nitrogens is 1. The van der Waals surface area contributed by atoms with Crippen molar-refractivity contribution in [3.05, 3.63) is 60.5 Å². The third-order valence-electron chi connectivity index (χ3n) is 3.82. The molecule has 0 bridgehead atoms. The first kappa shape index (κ1) is 16.1. The molecule has 3 rings (SSSR count). The van der Waals surface area contributed by atoms with Gasteiger partial charge in [0.15, 0.2) is 11.6 Å². The van der Waals surface area contributed by atoms with E-state index >= 15 is 0 Å². The first-order valence-electron chi connectivity index (χ1n) is 7.93. The fourth-order valence-corrected chi connectivity index (χ4v) is 2.59. The van der Waals surface area contributed by atoms with Crippen LogP contribution in [0, 0.1) is 5.82 Å². The summed E-state index contributed by atoms with van der Waals surface area (Å²) in [4.78, 5) is 12.0. The smallest absolute Gasteiger partial charge is 0.227 e. The van der Waals surface area contributed by atoms with Crippen LogP contribution in [0.3, 0.4) is 0 Å². The number of hydrogen-bond donors (Lipinski definition) is 1. The van der Waals surface area contributed by atoms with Crippen molar-refractivity contribution in [2.45, 2.75) is 19.9 Å². The predicted octanol–water partition coefficient (Wildman–Crippen LogP) is 4.21. The third kappa shape index (κ3) is 3.56. The Bertz CT molecular complexity index is 857. The van der Waals surface area contributed by atoms with E-state index in [1.165, 1.54) is 6.07 Å². The van der Waals surface area contributed by atoms with Crippen LogP contribution in [0.4, 0.5) is 10.1 Å². The van der Waals surface area contributed by atoms with Gasteiger partial charge in [-0.2, -0.15) is 0 Å². The Balaban J connectivity index is 1.56. The van der Waals surface area contributed by atoms with Crippen molar-refractivity contribution in [1.82, 2.24) is 4.57 Å². The van der Waals surface area contributed by atoms with Crippen LogP contribution in [0.1, 0.15) is 13.3 Å². The van der Waals surface area contributed by atoms with E-state index in [1.54, 1.807) is 18.2 Å². The van der Waals surface area contributed by atoms with Crippen molar-refractivity contribution in [2.24, 2.45) is 0 Å². The molecule has 2 aromatic carbocycles. The van der Waals surface area contributed by atoms with Gasteiger partial charge in [-0.25, -0.2) is 4.39 Å². The molecule has 4 nitrogen and oxygen atoms in total. The van der Waals surface area contributed by atoms with Crippen molar-refractivity contribution < 1.29 is 13.9 Å². The lowest BCUT2D eigenvalue weighted by molar-refractivity contribution is -0.116. The van der Waals surface area contributed by atoms with Crippen molar-refractivity contribution >= 4 is 22.5 Å². The third-order valence-corrected chi connectivity index (χ3v) is 3.82. The molecule has 0 saturated carbocycles. The van der Waals surface area contributed by atoms with Gasteiger partial charge in [-0.3, -0.25) is 4.79 Å². The second-order valence-electron chi connectivity index (χ2n) is 5.45. The minimum absolute atomic E-state index is 0.126. The van der Waals surface area contributed by atoms with Gasteiger partial charge in [0.1, 0.15) is 0 Å². The van der Waals surface area contributed by atoms with Gasteiger partial charge < -0.3 is 14.6 Å². The summed E-state index contributed by atoms with van der Waals surface area (Å²) in [5.41, 5.74) is 1.88. The Morgan fingerprint density at radius 3 is 2.83 bits per heavy atom. The molecular weight excluding hydrogens is 307 g/mol. The van der Waals surface area contributed by atoms with Crippen molar-refractivity contribution in [1.29, 1.82) is 0 Å². The zero-order chi connectivity index (χ0) is 16.9. The van der Waals surface area contributed by atoms with E-state index in [0.29, 0.717) is 0 Å². The van der Waals surface area contributed by atoms with Crippen molar-refractivity contribution in [3.8, 4) is 5.75 Å². The molecule has 0 fully saturated rings. The number of aryl methyl sites for hydroxylation is 1. The highest BCUT2D eigenvalue weighted by atomic mass is 19.1. The Hall–Kier alpha value is -2.82. The number of fused-ring (bicyclic) bond motifs is 1. The molecule has 24 heavy (non-hydrogen) atoms. The summed E-state index contributed by atoms with van der Waals surface area (Å²) < 4.78 is 20.8. The number of rotatable bonds is 6. The molecule has 0 atom stereocenters. The lowest BCUT2D eigenvalue weighted by Crippen LogP contribution is -2.15. The SMILES string of the molecule is CCn1ccc2cc(NC(=O)CCOc3ccccc3F)ccc21. The number of halogens is 1. The Labute approximate surface area is 139 Å². The largest absolute Gasteiger partial charge is 0.490 e. The predicted molar refractivity (Wildman–Crippen MR) is 92.8 cm³/mol. The average Bonchev–Trinajstić information content (AvgIpc) is 2.99. The molecule has 0 aliphatic rings. The minimum Gasteiger partial charge on any atom is -0.490 e. The Kier molecular flexibility index (Phi) is 4.79. The molecule has 0 spiro atoms. The number of carbonyl (C=O) groups excluding carboxylic acids is 1. The van der Waals surface area contributed by atoms with Crippen LogP contribution in [0.25, 0.3) is 10.9 Å². The van der Waals surface area contributed by atoms with Gasteiger partial charge in [0, 0.05) is 29.3 Å². The summed E-state index contributed by atoms with van der Waals surface area (Å²) in [5, 5.41) is 3.92. The Morgan fingerprint density at radius 1 is 1.21 bits per heavy atom. The van der Waals surface area contributed by atoms with Gasteiger partial charge in [0.25, 0.3) is 0 Å². The number of benzene rings is 2. The van der Waals surface area contributed by atoms with Crippen molar-refractivity contribution in [2.75, 3.05) is 11.9 Å². The molecule has 1 N–H and O–H groups in total. The maximum atomic E-state index is 13.4. The van der Waals surface area contributed by atoms with Crippen LogP contribution in [-0.4, -0.2) is 17.1 Å². The number of carbonyl (C=O) groups is 1. The second kappa shape index (κ2) is 7.17. The van der Waals surface area contributed by atoms with Crippen LogP contribution in [-0.2, 0) is 11.3 Å². The molecule has 124 valence electrons. The van der Waals surface area contributed by atoms with Crippen molar-refractivity contribution in [3.63, 3.8) is 0 Å². The molecule has 3 aromatic rings. The van der Waals surface area contributed by atoms with Crippen LogP contribution in [0.5, 0.6) is 5.75 Å².